The molecule has 23 heavy (non-hydrogen) atoms. The van der Waals surface area contributed by atoms with Crippen molar-refractivity contribution in [2.45, 2.75) is 24.9 Å². The van der Waals surface area contributed by atoms with Crippen molar-refractivity contribution < 1.29 is 2.74 Å². The Labute approximate surface area is 138 Å². The van der Waals surface area contributed by atoms with Crippen LogP contribution in [0.1, 0.15) is 26.7 Å². The first-order valence-electron chi connectivity index (χ1n) is 8.84. The lowest BCUT2D eigenvalue weighted by Gasteiger charge is -2.41. The van der Waals surface area contributed by atoms with Crippen LogP contribution in [0.2, 0.25) is 0 Å². The molecule has 2 atom stereocenters. The molecule has 0 bridgehead atoms. The normalized spacial score (nSPS) is 26.6. The fraction of sp³-hybridized carbons (Fsp3) is 0.333. The summed E-state index contributed by atoms with van der Waals surface area (Å²) in [4.78, 5) is 6.72. The van der Waals surface area contributed by atoms with E-state index in [1.807, 2.05) is 53.2 Å². The van der Waals surface area contributed by atoms with Crippen LogP contribution in [0.4, 0.5) is 11.4 Å². The van der Waals surface area contributed by atoms with E-state index in [4.69, 9.17) is 8.27 Å². The predicted molar refractivity (Wildman–Crippen MR) is 91.4 cm³/mol. The van der Waals surface area contributed by atoms with Gasteiger partial charge in [0.2, 0.25) is 0 Å². The smallest absolute Gasteiger partial charge is 0.0714 e. The van der Waals surface area contributed by atoms with E-state index < -0.39 is 13.2 Å². The van der Waals surface area contributed by atoms with Gasteiger partial charge in [0, 0.05) is 36.8 Å². The monoisotopic (exact) mass is 307 g/mol. The average molecular weight is 307 g/mol. The lowest BCUT2D eigenvalue weighted by Crippen LogP contribution is -2.45. The number of anilines is 1. The summed E-state index contributed by atoms with van der Waals surface area (Å²) in [7, 11) is 1.91. The minimum Gasteiger partial charge on any atom is -0.361 e. The molecule has 2 unspecified atom stereocenters. The highest BCUT2D eigenvalue weighted by Gasteiger charge is 2.50. The largest absolute Gasteiger partial charge is 0.361 e. The van der Waals surface area contributed by atoms with Crippen molar-refractivity contribution in [3.8, 4) is 0 Å². The van der Waals surface area contributed by atoms with Gasteiger partial charge in [-0.2, -0.15) is 0 Å². The molecular formula is C18H19N5. The Balaban J connectivity index is 1.74. The van der Waals surface area contributed by atoms with Crippen molar-refractivity contribution in [3.05, 3.63) is 70.1 Å². The molecule has 1 aliphatic heterocycles. The van der Waals surface area contributed by atoms with Gasteiger partial charge in [0.25, 0.3) is 0 Å². The lowest BCUT2D eigenvalue weighted by atomic mass is 10.00. The molecule has 2 aliphatic rings. The summed E-state index contributed by atoms with van der Waals surface area (Å²) < 4.78 is 17.5. The van der Waals surface area contributed by atoms with Crippen LogP contribution in [0.25, 0.3) is 10.4 Å². The van der Waals surface area contributed by atoms with Crippen LogP contribution in [-0.4, -0.2) is 18.6 Å². The van der Waals surface area contributed by atoms with E-state index in [0.717, 1.165) is 29.7 Å². The highest BCUT2D eigenvalue weighted by atomic mass is 15.4. The summed E-state index contributed by atoms with van der Waals surface area (Å²) in [6.07, 6.45) is 1.85. The Morgan fingerprint density at radius 3 is 2.61 bits per heavy atom. The first kappa shape index (κ1) is 12.0. The number of fused-ring (bicyclic) bond motifs is 1. The standard InChI is InChI=1S/C18H19N5/c1-22-13-23(12-14-4-2-3-5-17(14)22)18(10-11-18)15-6-8-16(9-7-15)20-21-19/h2-9H,10-13H2,1H3/i12D,13D. The van der Waals surface area contributed by atoms with Gasteiger partial charge < -0.3 is 4.90 Å². The molecule has 0 spiro atoms. The third-order valence-corrected chi connectivity index (χ3v) is 4.68. The maximum atomic E-state index is 8.80. The van der Waals surface area contributed by atoms with Gasteiger partial charge in [-0.05, 0) is 35.6 Å². The molecule has 0 amide bonds. The Kier molecular flexibility index (Phi) is 2.77. The van der Waals surface area contributed by atoms with Crippen LogP contribution in [-0.2, 0) is 12.1 Å². The maximum Gasteiger partial charge on any atom is 0.0714 e. The van der Waals surface area contributed by atoms with E-state index in [2.05, 4.69) is 10.0 Å². The van der Waals surface area contributed by atoms with E-state index in [0.29, 0.717) is 5.69 Å². The predicted octanol–water partition coefficient (Wildman–Crippen LogP) is 4.53. The van der Waals surface area contributed by atoms with Crippen molar-refractivity contribution >= 4 is 11.4 Å². The second kappa shape index (κ2) is 5.30. The Morgan fingerprint density at radius 1 is 1.17 bits per heavy atom. The Bertz CT molecular complexity index is 843. The molecule has 1 fully saturated rings. The topological polar surface area (TPSA) is 55.2 Å². The summed E-state index contributed by atoms with van der Waals surface area (Å²) in [5.74, 6) is 0. The minimum atomic E-state index is -0.614. The van der Waals surface area contributed by atoms with Crippen LogP contribution in [0, 0.1) is 0 Å². The summed E-state index contributed by atoms with van der Waals surface area (Å²) in [5, 5.41) is 3.62. The third-order valence-electron chi connectivity index (χ3n) is 4.68. The Morgan fingerprint density at radius 2 is 1.91 bits per heavy atom. The molecule has 116 valence electrons. The van der Waals surface area contributed by atoms with Gasteiger partial charge in [-0.3, -0.25) is 4.90 Å². The van der Waals surface area contributed by atoms with Crippen molar-refractivity contribution in [1.82, 2.24) is 4.90 Å². The SMILES string of the molecule is [2H]C1c2ccccc2N(C)C([2H])N1C1(c2ccc(N=[N+]=[N-])cc2)CC1. The lowest BCUT2D eigenvalue weighted by molar-refractivity contribution is 0.161. The first-order valence-corrected chi connectivity index (χ1v) is 7.69. The van der Waals surface area contributed by atoms with E-state index in [1.54, 1.807) is 12.1 Å². The second-order valence-corrected chi connectivity index (χ2v) is 6.09. The first-order chi connectivity index (χ1) is 12.1. The van der Waals surface area contributed by atoms with Gasteiger partial charge in [-0.1, -0.05) is 47.6 Å². The third kappa shape index (κ3) is 2.34. The summed E-state index contributed by atoms with van der Waals surface area (Å²) in [6, 6.07) is 15.4. The van der Waals surface area contributed by atoms with E-state index in [1.165, 1.54) is 0 Å². The number of hydrogen-bond donors (Lipinski definition) is 0. The highest BCUT2D eigenvalue weighted by Crippen LogP contribution is 2.53. The van der Waals surface area contributed by atoms with E-state index in [9.17, 15) is 0 Å². The van der Waals surface area contributed by atoms with Crippen molar-refractivity contribution in [2.75, 3.05) is 18.6 Å². The average Bonchev–Trinajstić information content (AvgIpc) is 3.42. The minimum absolute atomic E-state index is 0.296. The molecule has 1 aliphatic carbocycles. The molecule has 1 heterocycles. The summed E-state index contributed by atoms with van der Waals surface area (Å²) in [6.45, 7) is -1.19. The van der Waals surface area contributed by atoms with Gasteiger partial charge in [0.05, 0.1) is 8.02 Å². The molecule has 5 nitrogen and oxygen atoms in total. The number of rotatable bonds is 3. The van der Waals surface area contributed by atoms with Crippen LogP contribution < -0.4 is 4.90 Å². The highest BCUT2D eigenvalue weighted by molar-refractivity contribution is 5.55. The number of benzene rings is 2. The molecule has 0 radical (unpaired) electrons. The van der Waals surface area contributed by atoms with Gasteiger partial charge in [0.15, 0.2) is 0 Å². The van der Waals surface area contributed by atoms with Crippen LogP contribution in [0.3, 0.4) is 0 Å². The molecular weight excluding hydrogens is 286 g/mol. The van der Waals surface area contributed by atoms with Crippen molar-refractivity contribution in [2.24, 2.45) is 5.11 Å². The van der Waals surface area contributed by atoms with E-state index >= 15 is 0 Å². The van der Waals surface area contributed by atoms with Gasteiger partial charge >= 0.3 is 0 Å². The Hall–Kier alpha value is -2.49. The number of para-hydroxylation sites is 1. The van der Waals surface area contributed by atoms with Crippen LogP contribution in [0.5, 0.6) is 0 Å². The fourth-order valence-electron chi connectivity index (χ4n) is 3.29. The zero-order chi connectivity index (χ0) is 17.6. The molecule has 1 saturated carbocycles. The zero-order valence-electron chi connectivity index (χ0n) is 14.9. The molecule has 2 aromatic carbocycles. The molecule has 2 aromatic rings. The molecule has 4 rings (SSSR count). The number of hydrogen-bond acceptors (Lipinski definition) is 3. The van der Waals surface area contributed by atoms with Gasteiger partial charge in [-0.15, -0.1) is 0 Å². The van der Waals surface area contributed by atoms with Crippen molar-refractivity contribution in [1.29, 1.82) is 0 Å². The molecule has 5 heteroatoms. The molecule has 0 saturated heterocycles. The van der Waals surface area contributed by atoms with Crippen LogP contribution >= 0.6 is 0 Å². The second-order valence-electron chi connectivity index (χ2n) is 6.09. The summed E-state index contributed by atoms with van der Waals surface area (Å²) in [5.41, 5.74) is 11.8. The maximum absolute atomic E-state index is 8.80. The quantitative estimate of drug-likeness (QED) is 0.475. The number of nitrogens with zero attached hydrogens (tertiary/aromatic N) is 5. The van der Waals surface area contributed by atoms with Crippen molar-refractivity contribution in [3.63, 3.8) is 0 Å². The van der Waals surface area contributed by atoms with Crippen LogP contribution in [0.15, 0.2) is 53.6 Å². The summed E-state index contributed by atoms with van der Waals surface area (Å²) >= 11 is 0. The fourth-order valence-corrected chi connectivity index (χ4v) is 3.29. The molecule has 0 aromatic heterocycles. The zero-order valence-corrected chi connectivity index (χ0v) is 12.9. The van der Waals surface area contributed by atoms with E-state index in [-0.39, 0.29) is 5.54 Å². The molecule has 0 N–H and O–H groups in total. The van der Waals surface area contributed by atoms with Gasteiger partial charge in [0.1, 0.15) is 0 Å². The number of azide groups is 1. The van der Waals surface area contributed by atoms with Gasteiger partial charge in [-0.25, -0.2) is 0 Å².